The van der Waals surface area contributed by atoms with Crippen LogP contribution in [0.4, 0.5) is 0 Å². The average molecular weight is 243 g/mol. The molecule has 0 aliphatic carbocycles. The van der Waals surface area contributed by atoms with Crippen LogP contribution >= 0.6 is 24.0 Å². The predicted molar refractivity (Wildman–Crippen MR) is 76.5 cm³/mol. The van der Waals surface area contributed by atoms with E-state index in [0.717, 1.165) is 40.7 Å². The quantitative estimate of drug-likeness (QED) is 0.515. The molecule has 0 amide bonds. The molecule has 1 nitrogen and oxygen atoms in total. The van der Waals surface area contributed by atoms with Gasteiger partial charge < -0.3 is 4.90 Å². The van der Waals surface area contributed by atoms with Gasteiger partial charge in [-0.15, -0.1) is 0 Å². The van der Waals surface area contributed by atoms with Crippen LogP contribution in [0.15, 0.2) is 24.3 Å². The van der Waals surface area contributed by atoms with E-state index < -0.39 is 0 Å². The lowest BCUT2D eigenvalue weighted by Gasteiger charge is -2.25. The van der Waals surface area contributed by atoms with Crippen molar-refractivity contribution in [3.63, 3.8) is 0 Å². The topological polar surface area (TPSA) is 3.24 Å². The van der Waals surface area contributed by atoms with Crippen molar-refractivity contribution in [1.82, 2.24) is 4.90 Å². The molecule has 15 heavy (non-hydrogen) atoms. The van der Waals surface area contributed by atoms with E-state index in [1.165, 1.54) is 0 Å². The van der Waals surface area contributed by atoms with Crippen molar-refractivity contribution < 1.29 is 0 Å². The van der Waals surface area contributed by atoms with Gasteiger partial charge in [-0.2, -0.15) is 0 Å². The number of thiocarbonyl (C=S) groups is 1. The van der Waals surface area contributed by atoms with Crippen LogP contribution in [0.2, 0.25) is 0 Å². The Labute approximate surface area is 104 Å². The molecular formula is C12H21NS2. The predicted octanol–water partition coefficient (Wildman–Crippen LogP) is 3.87. The molecule has 0 aromatic heterocycles. The van der Waals surface area contributed by atoms with E-state index in [1.807, 2.05) is 13.8 Å². The Morgan fingerprint density at radius 1 is 1.20 bits per heavy atom. The minimum atomic E-state index is 0.836. The van der Waals surface area contributed by atoms with Crippen LogP contribution < -0.4 is 0 Å². The van der Waals surface area contributed by atoms with Gasteiger partial charge in [-0.25, -0.2) is 0 Å². The maximum Gasteiger partial charge on any atom is 0.136 e. The van der Waals surface area contributed by atoms with Gasteiger partial charge in [0.05, 0.1) is 0 Å². The first-order valence-electron chi connectivity index (χ1n) is 5.17. The van der Waals surface area contributed by atoms with Crippen LogP contribution in [0.25, 0.3) is 0 Å². The Hall–Kier alpha value is -0.280. The summed E-state index contributed by atoms with van der Waals surface area (Å²) in [7, 11) is 0. The minimum Gasteiger partial charge on any atom is -0.350 e. The van der Waals surface area contributed by atoms with Crippen molar-refractivity contribution in [2.75, 3.05) is 18.8 Å². The van der Waals surface area contributed by atoms with Crippen LogP contribution in [0.5, 0.6) is 0 Å². The van der Waals surface area contributed by atoms with Gasteiger partial charge in [0.2, 0.25) is 0 Å². The lowest BCUT2D eigenvalue weighted by Crippen LogP contribution is -2.30. The van der Waals surface area contributed by atoms with Gasteiger partial charge in [0.1, 0.15) is 4.32 Å². The molecule has 0 aromatic carbocycles. The lowest BCUT2D eigenvalue weighted by molar-refractivity contribution is 0.507. The zero-order chi connectivity index (χ0) is 11.8. The number of hydrogen-bond donors (Lipinski definition) is 0. The molecule has 3 heteroatoms. The molecule has 0 bridgehead atoms. The third kappa shape index (κ3) is 7.63. The summed E-state index contributed by atoms with van der Waals surface area (Å²) in [6.07, 6.45) is 1.15. The fourth-order valence-electron chi connectivity index (χ4n) is 1.12. The van der Waals surface area contributed by atoms with Gasteiger partial charge in [0.15, 0.2) is 0 Å². The van der Waals surface area contributed by atoms with Crippen LogP contribution in [0, 0.1) is 0 Å². The maximum absolute atomic E-state index is 5.38. The Bertz CT molecular complexity index is 230. The van der Waals surface area contributed by atoms with Gasteiger partial charge in [0, 0.05) is 13.1 Å². The standard InChI is InChI=1S/C12H21NS2/c1-6-7-15-12(14)13(8-10(2)3)9-11(4)5/h2,4,6-9H2,1,3,5H3. The highest BCUT2D eigenvalue weighted by Crippen LogP contribution is 2.13. The first-order valence-corrected chi connectivity index (χ1v) is 6.57. The zero-order valence-corrected chi connectivity index (χ0v) is 11.6. The molecule has 0 saturated heterocycles. The Kier molecular flexibility index (Phi) is 7.79. The van der Waals surface area contributed by atoms with E-state index in [-0.39, 0.29) is 0 Å². The monoisotopic (exact) mass is 243 g/mol. The smallest absolute Gasteiger partial charge is 0.136 e. The third-order valence-corrected chi connectivity index (χ3v) is 3.34. The van der Waals surface area contributed by atoms with E-state index in [0.29, 0.717) is 0 Å². The minimum absolute atomic E-state index is 0.836. The van der Waals surface area contributed by atoms with Crippen LogP contribution in [-0.4, -0.2) is 28.1 Å². The fourth-order valence-corrected chi connectivity index (χ4v) is 2.19. The van der Waals surface area contributed by atoms with E-state index >= 15 is 0 Å². The zero-order valence-electron chi connectivity index (χ0n) is 10.0. The average Bonchev–Trinajstić information content (AvgIpc) is 2.11. The van der Waals surface area contributed by atoms with E-state index in [1.54, 1.807) is 11.8 Å². The molecule has 0 rings (SSSR count). The molecule has 0 heterocycles. The lowest BCUT2D eigenvalue weighted by atomic mass is 10.3. The summed E-state index contributed by atoms with van der Waals surface area (Å²) in [4.78, 5) is 2.17. The SMILES string of the molecule is C=C(C)CN(CC(=C)C)C(=S)SCCC. The summed E-state index contributed by atoms with van der Waals surface area (Å²) in [6, 6.07) is 0. The van der Waals surface area contributed by atoms with Gasteiger partial charge in [-0.3, -0.25) is 0 Å². The summed E-state index contributed by atoms with van der Waals surface area (Å²) in [6.45, 7) is 15.7. The Balaban J connectivity index is 4.26. The Morgan fingerprint density at radius 3 is 2.00 bits per heavy atom. The van der Waals surface area contributed by atoms with Gasteiger partial charge in [-0.1, -0.05) is 55.2 Å². The summed E-state index contributed by atoms with van der Waals surface area (Å²) in [5.74, 6) is 1.09. The van der Waals surface area contributed by atoms with Crippen LogP contribution in [0.1, 0.15) is 27.2 Å². The van der Waals surface area contributed by atoms with Crippen molar-refractivity contribution in [2.24, 2.45) is 0 Å². The van der Waals surface area contributed by atoms with Crippen molar-refractivity contribution in [1.29, 1.82) is 0 Å². The van der Waals surface area contributed by atoms with E-state index in [2.05, 4.69) is 25.0 Å². The molecule has 0 aromatic rings. The number of hydrogen-bond acceptors (Lipinski definition) is 2. The van der Waals surface area contributed by atoms with E-state index in [9.17, 15) is 0 Å². The maximum atomic E-state index is 5.38. The Morgan fingerprint density at radius 2 is 1.67 bits per heavy atom. The third-order valence-electron chi connectivity index (χ3n) is 1.61. The number of thioether (sulfide) groups is 1. The normalized spacial score (nSPS) is 9.80. The van der Waals surface area contributed by atoms with Crippen LogP contribution in [0.3, 0.4) is 0 Å². The molecule has 0 N–H and O–H groups in total. The molecule has 0 radical (unpaired) electrons. The second kappa shape index (κ2) is 7.94. The summed E-state index contributed by atoms with van der Waals surface area (Å²) in [5, 5.41) is 0. The summed E-state index contributed by atoms with van der Waals surface area (Å²) in [5.41, 5.74) is 2.27. The molecule has 0 fully saturated rings. The molecule has 0 atom stereocenters. The fraction of sp³-hybridized carbons (Fsp3) is 0.583. The molecular weight excluding hydrogens is 222 g/mol. The first-order chi connectivity index (χ1) is 6.97. The molecule has 0 aliphatic rings. The van der Waals surface area contributed by atoms with Crippen molar-refractivity contribution >= 4 is 28.3 Å². The van der Waals surface area contributed by atoms with Crippen molar-refractivity contribution in [2.45, 2.75) is 27.2 Å². The highest BCUT2D eigenvalue weighted by Gasteiger charge is 2.09. The van der Waals surface area contributed by atoms with Crippen LogP contribution in [-0.2, 0) is 0 Å². The molecule has 0 saturated carbocycles. The van der Waals surface area contributed by atoms with Crippen molar-refractivity contribution in [3.8, 4) is 0 Å². The number of rotatable bonds is 6. The molecule has 0 unspecified atom stereocenters. The molecule has 86 valence electrons. The molecule has 0 aliphatic heterocycles. The van der Waals surface area contributed by atoms with Crippen molar-refractivity contribution in [3.05, 3.63) is 24.3 Å². The summed E-state index contributed by atoms with van der Waals surface area (Å²) >= 11 is 7.13. The summed E-state index contributed by atoms with van der Waals surface area (Å²) < 4.78 is 0.961. The molecule has 0 spiro atoms. The van der Waals surface area contributed by atoms with Gasteiger partial charge in [0.25, 0.3) is 0 Å². The first kappa shape index (κ1) is 14.7. The van der Waals surface area contributed by atoms with Gasteiger partial charge >= 0.3 is 0 Å². The van der Waals surface area contributed by atoms with E-state index in [4.69, 9.17) is 12.2 Å². The second-order valence-electron chi connectivity index (χ2n) is 3.88. The second-order valence-corrected chi connectivity index (χ2v) is 5.61. The van der Waals surface area contributed by atoms with Gasteiger partial charge in [-0.05, 0) is 26.0 Å². The number of nitrogens with zero attached hydrogens (tertiary/aromatic N) is 1. The largest absolute Gasteiger partial charge is 0.350 e. The highest BCUT2D eigenvalue weighted by atomic mass is 32.2. The highest BCUT2D eigenvalue weighted by molar-refractivity contribution is 8.22.